The Morgan fingerprint density at radius 1 is 1.04 bits per heavy atom. The van der Waals surface area contributed by atoms with Crippen molar-refractivity contribution in [3.8, 4) is 0 Å². The molecule has 1 amide bonds. The predicted octanol–water partition coefficient (Wildman–Crippen LogP) is 2.59. The van der Waals surface area contributed by atoms with E-state index in [1.807, 2.05) is 13.8 Å². The second-order valence-electron chi connectivity index (χ2n) is 8.17. The quantitative estimate of drug-likeness (QED) is 0.221. The molecule has 1 saturated carbocycles. The van der Waals surface area contributed by atoms with E-state index in [0.29, 0.717) is 19.1 Å². The lowest BCUT2D eigenvalue weighted by Gasteiger charge is -2.36. The van der Waals surface area contributed by atoms with Crippen LogP contribution in [0.15, 0.2) is 4.99 Å². The van der Waals surface area contributed by atoms with Gasteiger partial charge in [0.25, 0.3) is 0 Å². The molecule has 1 heterocycles. The topological polar surface area (TPSA) is 68.8 Å². The molecule has 158 valence electrons. The number of likely N-dealkylation sites (tertiary alicyclic amines) is 1. The number of hydrogen-bond donors (Lipinski definition) is 3. The molecular weight excluding hydrogens is 453 g/mol. The summed E-state index contributed by atoms with van der Waals surface area (Å²) in [6.07, 6.45) is 9.53. The highest BCUT2D eigenvalue weighted by molar-refractivity contribution is 14.0. The van der Waals surface area contributed by atoms with Gasteiger partial charge in [0.15, 0.2) is 5.96 Å². The summed E-state index contributed by atoms with van der Waals surface area (Å²) in [5.41, 5.74) is 0. The molecule has 0 bridgehead atoms. The van der Waals surface area contributed by atoms with E-state index >= 15 is 0 Å². The molecule has 0 aromatic rings. The fraction of sp³-hybridized carbons (Fsp3) is 0.900. The van der Waals surface area contributed by atoms with Gasteiger partial charge in [-0.15, -0.1) is 24.0 Å². The Kier molecular flexibility index (Phi) is 12.3. The van der Waals surface area contributed by atoms with Gasteiger partial charge in [0.05, 0.1) is 0 Å². The number of guanidine groups is 1. The standard InChI is InChI=1S/C20H39N5O.HI/c1-16(2)19(26)22-11-12-23-20(21-3)24-18-9-13-25(14-10-18)15-17-7-5-4-6-8-17;/h16-18H,4-15H2,1-3H3,(H,22,26)(H2,21,23,24);1H. The van der Waals surface area contributed by atoms with E-state index in [2.05, 4.69) is 25.8 Å². The third-order valence-electron chi connectivity index (χ3n) is 5.63. The summed E-state index contributed by atoms with van der Waals surface area (Å²) in [5, 5.41) is 9.76. The molecule has 7 heteroatoms. The van der Waals surface area contributed by atoms with Crippen LogP contribution in [0.3, 0.4) is 0 Å². The van der Waals surface area contributed by atoms with E-state index in [9.17, 15) is 4.79 Å². The normalized spacial score (nSPS) is 20.2. The smallest absolute Gasteiger partial charge is 0.222 e. The molecule has 3 N–H and O–H groups in total. The summed E-state index contributed by atoms with van der Waals surface area (Å²) in [5.74, 6) is 1.91. The van der Waals surface area contributed by atoms with E-state index in [1.165, 1.54) is 64.6 Å². The van der Waals surface area contributed by atoms with Crippen molar-refractivity contribution >= 4 is 35.8 Å². The van der Waals surface area contributed by atoms with E-state index in [-0.39, 0.29) is 35.8 Å². The summed E-state index contributed by atoms with van der Waals surface area (Å²) in [4.78, 5) is 18.5. The maximum Gasteiger partial charge on any atom is 0.222 e. The van der Waals surface area contributed by atoms with Gasteiger partial charge in [0.1, 0.15) is 0 Å². The van der Waals surface area contributed by atoms with Gasteiger partial charge >= 0.3 is 0 Å². The third-order valence-corrected chi connectivity index (χ3v) is 5.63. The van der Waals surface area contributed by atoms with Gasteiger partial charge in [-0.2, -0.15) is 0 Å². The number of rotatable bonds is 7. The van der Waals surface area contributed by atoms with Crippen molar-refractivity contribution in [1.82, 2.24) is 20.9 Å². The molecule has 1 aliphatic heterocycles. The third kappa shape index (κ3) is 9.45. The van der Waals surface area contributed by atoms with Gasteiger partial charge in [-0.05, 0) is 31.6 Å². The van der Waals surface area contributed by atoms with Gasteiger partial charge < -0.3 is 20.9 Å². The van der Waals surface area contributed by atoms with E-state index in [0.717, 1.165) is 11.9 Å². The fourth-order valence-corrected chi connectivity index (χ4v) is 3.95. The molecule has 27 heavy (non-hydrogen) atoms. The Balaban J connectivity index is 0.00000364. The molecule has 2 fully saturated rings. The number of nitrogens with one attached hydrogen (secondary N) is 3. The first-order valence-corrected chi connectivity index (χ1v) is 10.6. The minimum atomic E-state index is 0. The van der Waals surface area contributed by atoms with Crippen molar-refractivity contribution in [3.63, 3.8) is 0 Å². The summed E-state index contributed by atoms with van der Waals surface area (Å²) < 4.78 is 0. The Bertz CT molecular complexity index is 444. The van der Waals surface area contributed by atoms with Crippen LogP contribution >= 0.6 is 24.0 Å². The SMILES string of the molecule is CN=C(NCCNC(=O)C(C)C)NC1CCN(CC2CCCCC2)CC1.I. The lowest BCUT2D eigenvalue weighted by Crippen LogP contribution is -2.50. The second kappa shape index (κ2) is 13.6. The zero-order valence-electron chi connectivity index (χ0n) is 17.4. The minimum Gasteiger partial charge on any atom is -0.355 e. The number of aliphatic imine (C=N–C) groups is 1. The Morgan fingerprint density at radius 3 is 2.26 bits per heavy atom. The number of carbonyl (C=O) groups excluding carboxylic acids is 1. The molecule has 1 saturated heterocycles. The molecule has 0 aromatic heterocycles. The molecule has 2 rings (SSSR count). The van der Waals surface area contributed by atoms with Crippen molar-refractivity contribution < 1.29 is 4.79 Å². The highest BCUT2D eigenvalue weighted by atomic mass is 127. The molecule has 0 unspecified atom stereocenters. The predicted molar refractivity (Wildman–Crippen MR) is 124 cm³/mol. The van der Waals surface area contributed by atoms with E-state index in [4.69, 9.17) is 0 Å². The highest BCUT2D eigenvalue weighted by Gasteiger charge is 2.23. The average Bonchev–Trinajstić information content (AvgIpc) is 2.66. The van der Waals surface area contributed by atoms with Gasteiger partial charge in [0.2, 0.25) is 5.91 Å². The maximum absolute atomic E-state index is 11.6. The lowest BCUT2D eigenvalue weighted by molar-refractivity contribution is -0.123. The number of halogens is 1. The zero-order valence-corrected chi connectivity index (χ0v) is 19.8. The van der Waals surface area contributed by atoms with E-state index in [1.54, 1.807) is 7.05 Å². The second-order valence-corrected chi connectivity index (χ2v) is 8.17. The van der Waals surface area contributed by atoms with Gasteiger partial charge in [-0.25, -0.2) is 0 Å². The number of hydrogen-bond acceptors (Lipinski definition) is 3. The van der Waals surface area contributed by atoms with Gasteiger partial charge in [-0.3, -0.25) is 9.79 Å². The van der Waals surface area contributed by atoms with Crippen molar-refractivity contribution in [2.24, 2.45) is 16.8 Å². The first-order chi connectivity index (χ1) is 12.6. The van der Waals surface area contributed by atoms with Gasteiger partial charge in [0, 0.05) is 51.7 Å². The monoisotopic (exact) mass is 493 g/mol. The van der Waals surface area contributed by atoms with Crippen LogP contribution in [0.1, 0.15) is 58.8 Å². The molecule has 0 spiro atoms. The molecule has 0 atom stereocenters. The number of amides is 1. The van der Waals surface area contributed by atoms with Crippen LogP contribution in [0, 0.1) is 11.8 Å². The number of piperidine rings is 1. The molecule has 0 radical (unpaired) electrons. The molecule has 6 nitrogen and oxygen atoms in total. The fourth-order valence-electron chi connectivity index (χ4n) is 3.95. The first kappa shape index (κ1) is 24.5. The average molecular weight is 493 g/mol. The van der Waals surface area contributed by atoms with Crippen LogP contribution in [0.25, 0.3) is 0 Å². The maximum atomic E-state index is 11.6. The van der Waals surface area contributed by atoms with Crippen LogP contribution in [-0.2, 0) is 4.79 Å². The van der Waals surface area contributed by atoms with Crippen molar-refractivity contribution in [1.29, 1.82) is 0 Å². The molecule has 0 aromatic carbocycles. The van der Waals surface area contributed by atoms with Crippen molar-refractivity contribution in [2.75, 3.05) is 39.8 Å². The largest absolute Gasteiger partial charge is 0.355 e. The van der Waals surface area contributed by atoms with Crippen LogP contribution in [0.2, 0.25) is 0 Å². The van der Waals surface area contributed by atoms with Crippen LogP contribution < -0.4 is 16.0 Å². The minimum absolute atomic E-state index is 0. The number of carbonyl (C=O) groups is 1. The summed E-state index contributed by atoms with van der Waals surface area (Å²) in [6.45, 7) is 8.81. The number of nitrogens with zero attached hydrogens (tertiary/aromatic N) is 2. The summed E-state index contributed by atoms with van der Waals surface area (Å²) in [7, 11) is 1.81. The Morgan fingerprint density at radius 2 is 1.67 bits per heavy atom. The van der Waals surface area contributed by atoms with Gasteiger partial charge in [-0.1, -0.05) is 33.1 Å². The molecular formula is C20H40IN5O. The first-order valence-electron chi connectivity index (χ1n) is 10.6. The Hall–Kier alpha value is -0.570. The van der Waals surface area contributed by atoms with Crippen molar-refractivity contribution in [2.45, 2.75) is 64.8 Å². The van der Waals surface area contributed by atoms with Crippen LogP contribution in [0.4, 0.5) is 0 Å². The molecule has 1 aliphatic carbocycles. The summed E-state index contributed by atoms with van der Waals surface area (Å²) >= 11 is 0. The van der Waals surface area contributed by atoms with Crippen molar-refractivity contribution in [3.05, 3.63) is 0 Å². The Labute approximate surface area is 182 Å². The lowest BCUT2D eigenvalue weighted by atomic mass is 9.88. The summed E-state index contributed by atoms with van der Waals surface area (Å²) in [6, 6.07) is 0.495. The van der Waals surface area contributed by atoms with Crippen LogP contribution in [-0.4, -0.2) is 62.6 Å². The highest BCUT2D eigenvalue weighted by Crippen LogP contribution is 2.25. The van der Waals surface area contributed by atoms with E-state index < -0.39 is 0 Å². The molecule has 2 aliphatic rings. The zero-order chi connectivity index (χ0) is 18.8. The van der Waals surface area contributed by atoms with Crippen LogP contribution in [0.5, 0.6) is 0 Å².